The Balaban J connectivity index is 1.56. The van der Waals surface area contributed by atoms with Crippen LogP contribution in [-0.2, 0) is 11.2 Å². The van der Waals surface area contributed by atoms with Crippen LogP contribution in [0.4, 0.5) is 0 Å². The van der Waals surface area contributed by atoms with Gasteiger partial charge in [0.15, 0.2) is 0 Å². The molecule has 0 radical (unpaired) electrons. The Labute approximate surface area is 192 Å². The molecular weight excluding hydrogens is 424 g/mol. The molecule has 0 saturated carbocycles. The predicted octanol–water partition coefficient (Wildman–Crippen LogP) is 4.52. The summed E-state index contributed by atoms with van der Waals surface area (Å²) in [6.07, 6.45) is 4.96. The number of carbonyl (C=O) groups is 1. The van der Waals surface area contributed by atoms with Crippen molar-refractivity contribution in [1.82, 2.24) is 20.5 Å². The highest BCUT2D eigenvalue weighted by Gasteiger charge is 2.19. The van der Waals surface area contributed by atoms with Crippen molar-refractivity contribution in [2.24, 2.45) is 0 Å². The number of benzene rings is 1. The predicted molar refractivity (Wildman–Crippen MR) is 124 cm³/mol. The number of ether oxygens (including phenoxy) is 2. The van der Waals surface area contributed by atoms with E-state index in [9.17, 15) is 4.79 Å². The first kappa shape index (κ1) is 22.4. The number of nitrogens with one attached hydrogen (secondary N) is 1. The summed E-state index contributed by atoms with van der Waals surface area (Å²) in [6, 6.07) is 9.06. The summed E-state index contributed by atoms with van der Waals surface area (Å²) in [5.74, 6) is 0.440. The van der Waals surface area contributed by atoms with Crippen LogP contribution in [0.15, 0.2) is 36.5 Å². The SMILES string of the molecule is CCc1cnc(-c2cc(OC[C@H]3CCCO3)cc(C(=O)N[C@H](C)c3ccc(C)nn3)c2)s1. The van der Waals surface area contributed by atoms with Crippen molar-refractivity contribution in [2.75, 3.05) is 13.2 Å². The molecule has 1 N–H and O–H groups in total. The third-order valence-corrected chi connectivity index (χ3v) is 6.58. The third-order valence-electron chi connectivity index (χ3n) is 5.39. The van der Waals surface area contributed by atoms with Crippen molar-refractivity contribution >= 4 is 17.2 Å². The highest BCUT2D eigenvalue weighted by Crippen LogP contribution is 2.30. The molecule has 0 unspecified atom stereocenters. The second-order valence-electron chi connectivity index (χ2n) is 7.97. The van der Waals surface area contributed by atoms with Crippen molar-refractivity contribution in [3.63, 3.8) is 0 Å². The van der Waals surface area contributed by atoms with E-state index in [1.807, 2.05) is 44.3 Å². The first-order valence-electron chi connectivity index (χ1n) is 11.0. The summed E-state index contributed by atoms with van der Waals surface area (Å²) in [5.41, 5.74) is 2.93. The molecule has 2 aromatic heterocycles. The van der Waals surface area contributed by atoms with Crippen LogP contribution < -0.4 is 10.1 Å². The Morgan fingerprint density at radius 3 is 2.88 bits per heavy atom. The zero-order valence-corrected chi connectivity index (χ0v) is 19.4. The van der Waals surface area contributed by atoms with E-state index in [0.29, 0.717) is 23.6 Å². The molecule has 0 aliphatic carbocycles. The normalized spacial score (nSPS) is 16.7. The maximum atomic E-state index is 13.1. The molecule has 3 aromatic rings. The van der Waals surface area contributed by atoms with Gasteiger partial charge in [-0.15, -0.1) is 11.3 Å². The molecule has 3 heterocycles. The molecule has 8 heteroatoms. The fourth-order valence-corrected chi connectivity index (χ4v) is 4.34. The number of rotatable bonds is 8. The van der Waals surface area contributed by atoms with Gasteiger partial charge >= 0.3 is 0 Å². The average molecular weight is 453 g/mol. The van der Waals surface area contributed by atoms with Gasteiger partial charge < -0.3 is 14.8 Å². The van der Waals surface area contributed by atoms with Crippen molar-refractivity contribution in [1.29, 1.82) is 0 Å². The highest BCUT2D eigenvalue weighted by molar-refractivity contribution is 7.15. The number of amides is 1. The lowest BCUT2D eigenvalue weighted by atomic mass is 10.1. The Hall–Kier alpha value is -2.84. The van der Waals surface area contributed by atoms with Gasteiger partial charge in [-0.3, -0.25) is 4.79 Å². The second-order valence-corrected chi connectivity index (χ2v) is 9.09. The Morgan fingerprint density at radius 1 is 1.31 bits per heavy atom. The van der Waals surface area contributed by atoms with Gasteiger partial charge in [0, 0.05) is 28.8 Å². The van der Waals surface area contributed by atoms with Crippen LogP contribution in [0.5, 0.6) is 5.75 Å². The van der Waals surface area contributed by atoms with Gasteiger partial charge in [-0.2, -0.15) is 10.2 Å². The molecule has 32 heavy (non-hydrogen) atoms. The molecule has 4 rings (SSSR count). The average Bonchev–Trinajstić information content (AvgIpc) is 3.50. The molecule has 0 spiro atoms. The largest absolute Gasteiger partial charge is 0.491 e. The second kappa shape index (κ2) is 10.2. The Morgan fingerprint density at radius 2 is 2.19 bits per heavy atom. The van der Waals surface area contributed by atoms with Gasteiger partial charge in [0.05, 0.1) is 23.5 Å². The van der Waals surface area contributed by atoms with E-state index in [0.717, 1.165) is 42.1 Å². The van der Waals surface area contributed by atoms with E-state index in [4.69, 9.17) is 9.47 Å². The number of aromatic nitrogens is 3. The standard InChI is InChI=1S/C24H28N4O3S/c1-4-21-13-25-24(32-21)18-10-17(11-20(12-18)31-14-19-6-5-9-30-19)23(29)26-16(3)22-8-7-15(2)27-28-22/h7-8,10-13,16,19H,4-6,9,14H2,1-3H3,(H,26,29)/t16-,19-/m1/s1. The number of hydrogen-bond donors (Lipinski definition) is 1. The molecule has 1 saturated heterocycles. The molecule has 2 atom stereocenters. The molecule has 7 nitrogen and oxygen atoms in total. The van der Waals surface area contributed by atoms with E-state index in [1.165, 1.54) is 4.88 Å². The molecule has 1 aromatic carbocycles. The topological polar surface area (TPSA) is 86.2 Å². The monoisotopic (exact) mass is 452 g/mol. The maximum Gasteiger partial charge on any atom is 0.251 e. The van der Waals surface area contributed by atoms with Gasteiger partial charge in [-0.05, 0) is 63.4 Å². The Bertz CT molecular complexity index is 1060. The summed E-state index contributed by atoms with van der Waals surface area (Å²) in [4.78, 5) is 18.8. The van der Waals surface area contributed by atoms with Crippen LogP contribution in [0.25, 0.3) is 10.6 Å². The number of nitrogens with zero attached hydrogens (tertiary/aromatic N) is 3. The van der Waals surface area contributed by atoms with E-state index >= 15 is 0 Å². The Kier molecular flexibility index (Phi) is 7.12. The molecular formula is C24H28N4O3S. The van der Waals surface area contributed by atoms with E-state index in [1.54, 1.807) is 17.4 Å². The quantitative estimate of drug-likeness (QED) is 0.541. The van der Waals surface area contributed by atoms with Gasteiger partial charge in [-0.25, -0.2) is 4.98 Å². The zero-order chi connectivity index (χ0) is 22.5. The van der Waals surface area contributed by atoms with Crippen molar-refractivity contribution in [3.05, 3.63) is 58.4 Å². The van der Waals surface area contributed by atoms with Gasteiger partial charge in [0.2, 0.25) is 0 Å². The maximum absolute atomic E-state index is 13.1. The van der Waals surface area contributed by atoms with Crippen molar-refractivity contribution < 1.29 is 14.3 Å². The van der Waals surface area contributed by atoms with Gasteiger partial charge in [0.25, 0.3) is 5.91 Å². The first-order chi connectivity index (χ1) is 15.5. The molecule has 1 amide bonds. The first-order valence-corrected chi connectivity index (χ1v) is 11.8. The molecule has 1 aliphatic rings. The fraction of sp³-hybridized carbons (Fsp3) is 0.417. The summed E-state index contributed by atoms with van der Waals surface area (Å²) < 4.78 is 11.7. The highest BCUT2D eigenvalue weighted by atomic mass is 32.1. The minimum atomic E-state index is -0.276. The number of hydrogen-bond acceptors (Lipinski definition) is 7. The molecule has 1 fully saturated rings. The van der Waals surface area contributed by atoms with Crippen LogP contribution in [0, 0.1) is 6.92 Å². The summed E-state index contributed by atoms with van der Waals surface area (Å²) in [5, 5.41) is 12.1. The molecule has 1 aliphatic heterocycles. The van der Waals surface area contributed by atoms with Crippen LogP contribution in [0.3, 0.4) is 0 Å². The smallest absolute Gasteiger partial charge is 0.251 e. The summed E-state index contributed by atoms with van der Waals surface area (Å²) >= 11 is 1.63. The minimum Gasteiger partial charge on any atom is -0.491 e. The molecule has 168 valence electrons. The lowest BCUT2D eigenvalue weighted by molar-refractivity contribution is 0.0679. The lowest BCUT2D eigenvalue weighted by Crippen LogP contribution is -2.27. The fourth-order valence-electron chi connectivity index (χ4n) is 3.50. The number of aryl methyl sites for hydroxylation is 2. The molecule has 0 bridgehead atoms. The summed E-state index contributed by atoms with van der Waals surface area (Å²) in [6.45, 7) is 7.13. The van der Waals surface area contributed by atoms with Crippen LogP contribution in [0.2, 0.25) is 0 Å². The summed E-state index contributed by atoms with van der Waals surface area (Å²) in [7, 11) is 0. The van der Waals surface area contributed by atoms with Crippen LogP contribution in [0.1, 0.15) is 59.4 Å². The number of carbonyl (C=O) groups excluding carboxylic acids is 1. The van der Waals surface area contributed by atoms with Gasteiger partial charge in [0.1, 0.15) is 17.4 Å². The van der Waals surface area contributed by atoms with Crippen LogP contribution in [-0.4, -0.2) is 40.4 Å². The van der Waals surface area contributed by atoms with E-state index < -0.39 is 0 Å². The number of thiazole rings is 1. The minimum absolute atomic E-state index is 0.0997. The van der Waals surface area contributed by atoms with Crippen molar-refractivity contribution in [2.45, 2.75) is 52.2 Å². The van der Waals surface area contributed by atoms with E-state index in [2.05, 4.69) is 27.4 Å². The zero-order valence-electron chi connectivity index (χ0n) is 18.6. The van der Waals surface area contributed by atoms with Gasteiger partial charge in [-0.1, -0.05) is 6.92 Å². The van der Waals surface area contributed by atoms with E-state index in [-0.39, 0.29) is 18.1 Å². The van der Waals surface area contributed by atoms with Crippen LogP contribution >= 0.6 is 11.3 Å². The third kappa shape index (κ3) is 5.49. The lowest BCUT2D eigenvalue weighted by Gasteiger charge is -2.16. The van der Waals surface area contributed by atoms with Crippen molar-refractivity contribution in [3.8, 4) is 16.3 Å².